The van der Waals surface area contributed by atoms with Crippen molar-refractivity contribution in [1.29, 1.82) is 0 Å². The third kappa shape index (κ3) is 2.11. The summed E-state index contributed by atoms with van der Waals surface area (Å²) in [4.78, 5) is 14.2. The summed E-state index contributed by atoms with van der Waals surface area (Å²) in [6.07, 6.45) is 1.98. The number of nitrogens with zero attached hydrogens (tertiary/aromatic N) is 1. The Morgan fingerprint density at radius 3 is 2.56 bits per heavy atom. The average molecular weight is 254 g/mol. The van der Waals surface area contributed by atoms with E-state index in [-0.39, 0.29) is 23.6 Å². The normalized spacial score (nSPS) is 34.6. The maximum absolute atomic E-state index is 12.3. The molecule has 1 saturated heterocycles. The van der Waals surface area contributed by atoms with Crippen LogP contribution in [0.3, 0.4) is 0 Å². The molecule has 1 heterocycles. The van der Waals surface area contributed by atoms with Gasteiger partial charge in [0.05, 0.1) is 0 Å². The molecule has 0 radical (unpaired) electrons. The van der Waals surface area contributed by atoms with E-state index >= 15 is 0 Å². The molecule has 18 heavy (non-hydrogen) atoms. The first-order valence-electron chi connectivity index (χ1n) is 6.90. The van der Waals surface area contributed by atoms with Crippen molar-refractivity contribution in [3.05, 3.63) is 0 Å². The molecule has 2 aliphatic rings. The van der Waals surface area contributed by atoms with Crippen LogP contribution in [0.15, 0.2) is 0 Å². The first-order valence-corrected chi connectivity index (χ1v) is 6.90. The van der Waals surface area contributed by atoms with Crippen molar-refractivity contribution < 1.29 is 9.53 Å². The first kappa shape index (κ1) is 13.7. The minimum absolute atomic E-state index is 0.00198. The highest BCUT2D eigenvalue weighted by atomic mass is 16.6. The second-order valence-corrected chi connectivity index (χ2v) is 7.27. The number of carbonyl (C=O) groups is 1. The van der Waals surface area contributed by atoms with E-state index in [0.29, 0.717) is 5.92 Å². The van der Waals surface area contributed by atoms with Crippen LogP contribution in [-0.4, -0.2) is 35.2 Å². The molecule has 1 aliphatic carbocycles. The predicted octanol–water partition coefficient (Wildman–Crippen LogP) is 2.37. The Kier molecular flexibility index (Phi) is 3.13. The summed E-state index contributed by atoms with van der Waals surface area (Å²) >= 11 is 0. The van der Waals surface area contributed by atoms with Crippen LogP contribution in [0.1, 0.15) is 47.5 Å². The van der Waals surface area contributed by atoms with Gasteiger partial charge in [0.1, 0.15) is 5.60 Å². The van der Waals surface area contributed by atoms with Crippen LogP contribution in [0.5, 0.6) is 0 Å². The fourth-order valence-electron chi connectivity index (χ4n) is 3.51. The van der Waals surface area contributed by atoms with Crippen LogP contribution >= 0.6 is 0 Å². The minimum atomic E-state index is -0.431. The molecule has 0 aromatic heterocycles. The van der Waals surface area contributed by atoms with E-state index in [1.54, 1.807) is 0 Å². The van der Waals surface area contributed by atoms with E-state index in [9.17, 15) is 4.79 Å². The van der Waals surface area contributed by atoms with Crippen LogP contribution in [-0.2, 0) is 4.74 Å². The highest BCUT2D eigenvalue weighted by Gasteiger charge is 2.59. The van der Waals surface area contributed by atoms with E-state index in [0.717, 1.165) is 19.4 Å². The van der Waals surface area contributed by atoms with Crippen molar-refractivity contribution in [2.45, 2.75) is 65.1 Å². The number of likely N-dealkylation sites (tertiary alicyclic amines) is 1. The Morgan fingerprint density at radius 1 is 1.39 bits per heavy atom. The summed E-state index contributed by atoms with van der Waals surface area (Å²) in [7, 11) is 0. The molecular weight excluding hydrogens is 228 g/mol. The van der Waals surface area contributed by atoms with Crippen molar-refractivity contribution in [2.75, 3.05) is 6.54 Å². The van der Waals surface area contributed by atoms with E-state index in [4.69, 9.17) is 10.5 Å². The van der Waals surface area contributed by atoms with Gasteiger partial charge in [-0.25, -0.2) is 4.79 Å². The number of nitrogens with two attached hydrogens (primary N) is 1. The Balaban J connectivity index is 2.11. The van der Waals surface area contributed by atoms with Gasteiger partial charge in [-0.05, 0) is 39.5 Å². The van der Waals surface area contributed by atoms with Crippen LogP contribution in [0.2, 0.25) is 0 Å². The maximum Gasteiger partial charge on any atom is 0.410 e. The topological polar surface area (TPSA) is 55.6 Å². The fraction of sp³-hybridized carbons (Fsp3) is 0.929. The summed E-state index contributed by atoms with van der Waals surface area (Å²) in [5, 5.41) is 0. The highest BCUT2D eigenvalue weighted by molar-refractivity contribution is 5.69. The maximum atomic E-state index is 12.3. The predicted molar refractivity (Wildman–Crippen MR) is 71.2 cm³/mol. The first-order chi connectivity index (χ1) is 8.14. The van der Waals surface area contributed by atoms with Crippen LogP contribution in [0.25, 0.3) is 0 Å². The van der Waals surface area contributed by atoms with Gasteiger partial charge in [-0.3, -0.25) is 0 Å². The molecular formula is C14H26N2O2. The molecule has 1 amide bonds. The largest absolute Gasteiger partial charge is 0.444 e. The van der Waals surface area contributed by atoms with Crippen LogP contribution in [0.4, 0.5) is 4.79 Å². The molecule has 0 aromatic carbocycles. The van der Waals surface area contributed by atoms with Gasteiger partial charge in [-0.1, -0.05) is 13.8 Å². The van der Waals surface area contributed by atoms with Gasteiger partial charge in [0.15, 0.2) is 0 Å². The quantitative estimate of drug-likeness (QED) is 0.722. The van der Waals surface area contributed by atoms with E-state index < -0.39 is 5.60 Å². The number of hydrogen-bond donors (Lipinski definition) is 1. The van der Waals surface area contributed by atoms with Crippen molar-refractivity contribution >= 4 is 6.09 Å². The van der Waals surface area contributed by atoms with Gasteiger partial charge in [-0.15, -0.1) is 0 Å². The van der Waals surface area contributed by atoms with E-state index in [1.807, 2.05) is 25.7 Å². The summed E-state index contributed by atoms with van der Waals surface area (Å²) < 4.78 is 5.50. The lowest BCUT2D eigenvalue weighted by Crippen LogP contribution is -2.73. The number of hydrogen-bond acceptors (Lipinski definition) is 3. The second-order valence-electron chi connectivity index (χ2n) is 7.27. The van der Waals surface area contributed by atoms with Crippen LogP contribution in [0, 0.1) is 11.3 Å². The standard InChI is InChI=1S/C14H26N2O2/c1-13(2,3)18-12(17)16-8-6-7-9-10(15)14(4,5)11(9)16/h9-11H,6-8,15H2,1-5H3/t9-,10-,11+/m1/s1. The lowest BCUT2D eigenvalue weighted by atomic mass is 9.53. The number of carbonyl (C=O) groups excluding carboxylic acids is 1. The van der Waals surface area contributed by atoms with Gasteiger partial charge in [0, 0.05) is 24.0 Å². The molecule has 2 N–H and O–H groups in total. The summed E-state index contributed by atoms with van der Waals surface area (Å²) in [6, 6.07) is 0.448. The van der Waals surface area contributed by atoms with Gasteiger partial charge in [0.25, 0.3) is 0 Å². The molecule has 1 saturated carbocycles. The Morgan fingerprint density at radius 2 is 2.00 bits per heavy atom. The van der Waals surface area contributed by atoms with Crippen molar-refractivity contribution in [1.82, 2.24) is 4.90 Å². The summed E-state index contributed by atoms with van der Waals surface area (Å²) in [5.74, 6) is 0.446. The molecule has 0 spiro atoms. The molecule has 1 aliphatic heterocycles. The molecule has 104 valence electrons. The average Bonchev–Trinajstić information content (AvgIpc) is 2.25. The molecule has 0 bridgehead atoms. The summed E-state index contributed by atoms with van der Waals surface area (Å²) in [5.41, 5.74) is 5.79. The van der Waals surface area contributed by atoms with Crippen molar-refractivity contribution in [2.24, 2.45) is 17.1 Å². The summed E-state index contributed by atoms with van der Waals surface area (Å²) in [6.45, 7) is 10.8. The minimum Gasteiger partial charge on any atom is -0.444 e. The molecule has 0 unspecified atom stereocenters. The van der Waals surface area contributed by atoms with Gasteiger partial charge in [-0.2, -0.15) is 0 Å². The number of rotatable bonds is 0. The van der Waals surface area contributed by atoms with Gasteiger partial charge < -0.3 is 15.4 Å². The third-order valence-corrected chi connectivity index (χ3v) is 4.39. The molecule has 4 heteroatoms. The molecule has 3 atom stereocenters. The van der Waals surface area contributed by atoms with Crippen LogP contribution < -0.4 is 5.73 Å². The van der Waals surface area contributed by atoms with Gasteiger partial charge in [0.2, 0.25) is 0 Å². The number of piperidine rings is 1. The zero-order valence-corrected chi connectivity index (χ0v) is 12.2. The Bertz CT molecular complexity index is 346. The number of fused-ring (bicyclic) bond motifs is 1. The Labute approximate surface area is 110 Å². The van der Waals surface area contributed by atoms with E-state index in [2.05, 4.69) is 13.8 Å². The molecule has 4 nitrogen and oxygen atoms in total. The monoisotopic (exact) mass is 254 g/mol. The second kappa shape index (κ2) is 4.12. The smallest absolute Gasteiger partial charge is 0.410 e. The zero-order chi connectivity index (χ0) is 13.7. The lowest BCUT2D eigenvalue weighted by Gasteiger charge is -2.62. The molecule has 2 fully saturated rings. The van der Waals surface area contributed by atoms with Crippen molar-refractivity contribution in [3.63, 3.8) is 0 Å². The Hall–Kier alpha value is -0.770. The SMILES string of the molecule is CC(C)(C)OC(=O)N1CCC[C@@H]2[C@@H](N)C(C)(C)[C@H]21. The number of ether oxygens (including phenoxy) is 1. The fourth-order valence-corrected chi connectivity index (χ4v) is 3.51. The molecule has 0 aromatic rings. The lowest BCUT2D eigenvalue weighted by molar-refractivity contribution is -0.107. The van der Waals surface area contributed by atoms with Crippen molar-refractivity contribution in [3.8, 4) is 0 Å². The zero-order valence-electron chi connectivity index (χ0n) is 12.2. The van der Waals surface area contributed by atoms with E-state index in [1.165, 1.54) is 0 Å². The number of amides is 1. The highest BCUT2D eigenvalue weighted by Crippen LogP contribution is 2.51. The van der Waals surface area contributed by atoms with Gasteiger partial charge >= 0.3 is 6.09 Å². The molecule has 2 rings (SSSR count). The third-order valence-electron chi connectivity index (χ3n) is 4.39.